The van der Waals surface area contributed by atoms with Gasteiger partial charge < -0.3 is 15.4 Å². The Labute approximate surface area is 133 Å². The highest BCUT2D eigenvalue weighted by atomic mass is 16.6. The van der Waals surface area contributed by atoms with Crippen LogP contribution >= 0.6 is 0 Å². The Balaban J connectivity index is 2.03. The van der Waals surface area contributed by atoms with E-state index in [1.165, 1.54) is 25.3 Å². The summed E-state index contributed by atoms with van der Waals surface area (Å²) in [6, 6.07) is 11.3. The Kier molecular flexibility index (Phi) is 5.14. The third-order valence-electron chi connectivity index (χ3n) is 3.34. The van der Waals surface area contributed by atoms with Crippen molar-refractivity contribution in [2.24, 2.45) is 0 Å². The Morgan fingerprint density at radius 2 is 2.00 bits per heavy atom. The van der Waals surface area contributed by atoms with Crippen molar-refractivity contribution < 1.29 is 14.5 Å². The third kappa shape index (κ3) is 4.19. The minimum Gasteiger partial charge on any atom is -0.494 e. The van der Waals surface area contributed by atoms with E-state index in [4.69, 9.17) is 4.74 Å². The van der Waals surface area contributed by atoms with Crippen LogP contribution in [-0.2, 0) is 6.54 Å². The summed E-state index contributed by atoms with van der Waals surface area (Å²) in [7, 11) is 1.38. The summed E-state index contributed by atoms with van der Waals surface area (Å²) in [5.41, 5.74) is 2.35. The molecular formula is C16H17N3O4. The number of nitro benzene ring substituents is 1. The van der Waals surface area contributed by atoms with Gasteiger partial charge in [-0.15, -0.1) is 0 Å². The molecule has 0 aromatic heterocycles. The number of anilines is 1. The Morgan fingerprint density at radius 3 is 2.65 bits per heavy atom. The standard InChI is InChI=1S/C16H17N3O4/c1-11-5-3-4-6-12(11)10-17-16(20)18-14-8-7-13(19(21)22)9-15(14)23-2/h3-9H,10H2,1-2H3,(H2,17,18,20). The molecule has 0 spiro atoms. The molecule has 2 N–H and O–H groups in total. The van der Waals surface area contributed by atoms with Crippen LogP contribution < -0.4 is 15.4 Å². The number of methoxy groups -OCH3 is 1. The Hall–Kier alpha value is -3.09. The van der Waals surface area contributed by atoms with Gasteiger partial charge in [0.05, 0.1) is 23.8 Å². The molecule has 0 radical (unpaired) electrons. The van der Waals surface area contributed by atoms with Crippen LogP contribution in [0.5, 0.6) is 5.75 Å². The highest BCUT2D eigenvalue weighted by molar-refractivity contribution is 5.91. The topological polar surface area (TPSA) is 93.5 Å². The summed E-state index contributed by atoms with van der Waals surface area (Å²) >= 11 is 0. The van der Waals surface area contributed by atoms with Gasteiger partial charge in [-0.3, -0.25) is 10.1 Å². The van der Waals surface area contributed by atoms with E-state index >= 15 is 0 Å². The van der Waals surface area contributed by atoms with E-state index in [1.54, 1.807) is 0 Å². The van der Waals surface area contributed by atoms with Gasteiger partial charge >= 0.3 is 6.03 Å². The number of rotatable bonds is 5. The number of non-ortho nitro benzene ring substituents is 1. The summed E-state index contributed by atoms with van der Waals surface area (Å²) in [5, 5.41) is 16.1. The molecule has 0 saturated heterocycles. The molecule has 0 aliphatic heterocycles. The van der Waals surface area contributed by atoms with Crippen LogP contribution in [0.2, 0.25) is 0 Å². The number of ether oxygens (including phenoxy) is 1. The van der Waals surface area contributed by atoms with Crippen molar-refractivity contribution in [3.05, 3.63) is 63.7 Å². The third-order valence-corrected chi connectivity index (χ3v) is 3.34. The molecule has 120 valence electrons. The lowest BCUT2D eigenvalue weighted by atomic mass is 10.1. The lowest BCUT2D eigenvalue weighted by Crippen LogP contribution is -2.28. The number of carbonyl (C=O) groups is 1. The van der Waals surface area contributed by atoms with Gasteiger partial charge in [-0.1, -0.05) is 24.3 Å². The highest BCUT2D eigenvalue weighted by Gasteiger charge is 2.13. The summed E-state index contributed by atoms with van der Waals surface area (Å²) in [6.45, 7) is 2.35. The average Bonchev–Trinajstić information content (AvgIpc) is 2.54. The number of carbonyl (C=O) groups excluding carboxylic acids is 1. The van der Waals surface area contributed by atoms with Crippen molar-refractivity contribution in [1.29, 1.82) is 0 Å². The van der Waals surface area contributed by atoms with Gasteiger partial charge in [-0.2, -0.15) is 0 Å². The second kappa shape index (κ2) is 7.26. The van der Waals surface area contributed by atoms with E-state index in [2.05, 4.69) is 10.6 Å². The number of nitrogens with zero attached hydrogens (tertiary/aromatic N) is 1. The van der Waals surface area contributed by atoms with E-state index in [-0.39, 0.29) is 11.4 Å². The van der Waals surface area contributed by atoms with Crippen LogP contribution in [0.4, 0.5) is 16.2 Å². The molecule has 2 rings (SSSR count). The lowest BCUT2D eigenvalue weighted by molar-refractivity contribution is -0.384. The Morgan fingerprint density at radius 1 is 1.26 bits per heavy atom. The molecule has 7 nitrogen and oxygen atoms in total. The van der Waals surface area contributed by atoms with Crippen LogP contribution in [0.3, 0.4) is 0 Å². The summed E-state index contributed by atoms with van der Waals surface area (Å²) < 4.78 is 5.07. The summed E-state index contributed by atoms with van der Waals surface area (Å²) in [5.74, 6) is 0.227. The lowest BCUT2D eigenvalue weighted by Gasteiger charge is -2.12. The number of amides is 2. The van der Waals surface area contributed by atoms with Crippen LogP contribution in [0.1, 0.15) is 11.1 Å². The first kappa shape index (κ1) is 16.3. The largest absolute Gasteiger partial charge is 0.494 e. The first-order valence-electron chi connectivity index (χ1n) is 6.93. The maximum absolute atomic E-state index is 12.0. The van der Waals surface area contributed by atoms with Crippen molar-refractivity contribution >= 4 is 17.4 Å². The number of urea groups is 1. The zero-order valence-electron chi connectivity index (χ0n) is 12.8. The predicted octanol–water partition coefficient (Wildman–Crippen LogP) is 3.23. The first-order chi connectivity index (χ1) is 11.0. The minimum absolute atomic E-state index is 0.104. The molecule has 0 atom stereocenters. The van der Waals surface area contributed by atoms with Gasteiger partial charge in [0.2, 0.25) is 0 Å². The molecule has 2 amide bonds. The van der Waals surface area contributed by atoms with E-state index in [1.807, 2.05) is 31.2 Å². The maximum atomic E-state index is 12.0. The SMILES string of the molecule is COc1cc([N+](=O)[O-])ccc1NC(=O)NCc1ccccc1C. The quantitative estimate of drug-likeness (QED) is 0.654. The second-order valence-corrected chi connectivity index (χ2v) is 4.88. The maximum Gasteiger partial charge on any atom is 0.319 e. The second-order valence-electron chi connectivity index (χ2n) is 4.88. The van der Waals surface area contributed by atoms with E-state index in [9.17, 15) is 14.9 Å². The zero-order valence-corrected chi connectivity index (χ0v) is 12.8. The van der Waals surface area contributed by atoms with Crippen molar-refractivity contribution in [1.82, 2.24) is 5.32 Å². The van der Waals surface area contributed by atoms with Crippen molar-refractivity contribution in [3.8, 4) is 5.75 Å². The van der Waals surface area contributed by atoms with Gasteiger partial charge in [0.15, 0.2) is 0 Å². The highest BCUT2D eigenvalue weighted by Crippen LogP contribution is 2.28. The number of nitrogens with one attached hydrogen (secondary N) is 2. The number of benzene rings is 2. The van der Waals surface area contributed by atoms with Gasteiger partial charge in [-0.05, 0) is 24.1 Å². The molecule has 23 heavy (non-hydrogen) atoms. The van der Waals surface area contributed by atoms with Gasteiger partial charge in [-0.25, -0.2) is 4.79 Å². The van der Waals surface area contributed by atoms with E-state index in [0.29, 0.717) is 12.2 Å². The molecule has 0 fully saturated rings. The van der Waals surface area contributed by atoms with Crippen molar-refractivity contribution in [2.75, 3.05) is 12.4 Å². The van der Waals surface area contributed by atoms with Crippen LogP contribution in [0, 0.1) is 17.0 Å². The van der Waals surface area contributed by atoms with Crippen molar-refractivity contribution in [2.45, 2.75) is 13.5 Å². The normalized spacial score (nSPS) is 10.0. The van der Waals surface area contributed by atoms with Crippen LogP contribution in [0.25, 0.3) is 0 Å². The zero-order chi connectivity index (χ0) is 16.8. The minimum atomic E-state index is -0.523. The molecule has 0 unspecified atom stereocenters. The fourth-order valence-electron chi connectivity index (χ4n) is 2.05. The predicted molar refractivity (Wildman–Crippen MR) is 86.7 cm³/mol. The smallest absolute Gasteiger partial charge is 0.319 e. The average molecular weight is 315 g/mol. The van der Waals surface area contributed by atoms with Gasteiger partial charge in [0.25, 0.3) is 5.69 Å². The summed E-state index contributed by atoms with van der Waals surface area (Å²) in [6.07, 6.45) is 0. The molecule has 0 saturated carbocycles. The fraction of sp³-hybridized carbons (Fsp3) is 0.188. The molecule has 7 heteroatoms. The number of aryl methyl sites for hydroxylation is 1. The molecule has 0 heterocycles. The van der Waals surface area contributed by atoms with Crippen LogP contribution in [0.15, 0.2) is 42.5 Å². The van der Waals surface area contributed by atoms with E-state index < -0.39 is 11.0 Å². The molecule has 2 aromatic carbocycles. The monoisotopic (exact) mass is 315 g/mol. The number of nitro groups is 1. The number of hydrogen-bond donors (Lipinski definition) is 2. The van der Waals surface area contributed by atoms with Crippen molar-refractivity contribution in [3.63, 3.8) is 0 Å². The van der Waals surface area contributed by atoms with Gasteiger partial charge in [0, 0.05) is 12.6 Å². The number of hydrogen-bond acceptors (Lipinski definition) is 4. The Bertz CT molecular complexity index is 731. The van der Waals surface area contributed by atoms with E-state index in [0.717, 1.165) is 11.1 Å². The molecule has 0 bridgehead atoms. The first-order valence-corrected chi connectivity index (χ1v) is 6.93. The summed E-state index contributed by atoms with van der Waals surface area (Å²) in [4.78, 5) is 22.2. The van der Waals surface area contributed by atoms with Crippen LogP contribution in [-0.4, -0.2) is 18.1 Å². The molecule has 0 aliphatic rings. The molecular weight excluding hydrogens is 298 g/mol. The van der Waals surface area contributed by atoms with Gasteiger partial charge in [0.1, 0.15) is 5.75 Å². The molecule has 2 aromatic rings. The fourth-order valence-corrected chi connectivity index (χ4v) is 2.05. The molecule has 0 aliphatic carbocycles.